The number of hydrogen-bond donors (Lipinski definition) is 2. The van der Waals surface area contributed by atoms with Gasteiger partial charge in [-0.05, 0) is 35.7 Å². The van der Waals surface area contributed by atoms with Gasteiger partial charge in [0.1, 0.15) is 6.04 Å². The van der Waals surface area contributed by atoms with Gasteiger partial charge in [-0.2, -0.15) is 0 Å². The zero-order valence-electron chi connectivity index (χ0n) is 14.2. The van der Waals surface area contributed by atoms with Crippen molar-refractivity contribution in [2.75, 3.05) is 6.61 Å². The van der Waals surface area contributed by atoms with Crippen molar-refractivity contribution in [1.29, 1.82) is 0 Å². The average Bonchev–Trinajstić information content (AvgIpc) is 2.58. The number of esters is 1. The Hall–Kier alpha value is -2.89. The van der Waals surface area contributed by atoms with E-state index in [2.05, 4.69) is 5.32 Å². The van der Waals surface area contributed by atoms with Crippen LogP contribution < -0.4 is 5.32 Å². The molecular formula is C19H21NO5. The van der Waals surface area contributed by atoms with Crippen LogP contribution in [-0.2, 0) is 14.3 Å². The van der Waals surface area contributed by atoms with Crippen molar-refractivity contribution >= 4 is 28.6 Å². The lowest BCUT2D eigenvalue weighted by molar-refractivity contribution is -0.145. The molecule has 0 aliphatic rings. The highest BCUT2D eigenvalue weighted by molar-refractivity contribution is 6.00. The number of carbonyl (C=O) groups excluding carboxylic acids is 2. The van der Waals surface area contributed by atoms with Crippen molar-refractivity contribution in [2.45, 2.75) is 26.3 Å². The standard InChI is InChI=1S/C19H21NO5/c1-3-25-16(21)10-12(2)17(19(23)24)20-18(22)15-9-8-13-6-4-5-7-14(13)11-15/h4-9,11-12,17H,3,10H2,1-2H3,(H,20,22)(H,23,24)/t12-,17-/m1/s1. The summed E-state index contributed by atoms with van der Waals surface area (Å²) in [6.45, 7) is 3.50. The van der Waals surface area contributed by atoms with Crippen molar-refractivity contribution < 1.29 is 24.2 Å². The Bertz CT molecular complexity index is 786. The smallest absolute Gasteiger partial charge is 0.326 e. The summed E-state index contributed by atoms with van der Waals surface area (Å²) in [5.41, 5.74) is 0.369. The number of benzene rings is 2. The molecule has 2 atom stereocenters. The molecule has 2 N–H and O–H groups in total. The van der Waals surface area contributed by atoms with E-state index in [0.717, 1.165) is 10.8 Å². The first-order valence-corrected chi connectivity index (χ1v) is 8.10. The number of carbonyl (C=O) groups is 3. The van der Waals surface area contributed by atoms with Crippen molar-refractivity contribution in [3.05, 3.63) is 48.0 Å². The number of fused-ring (bicyclic) bond motifs is 1. The van der Waals surface area contributed by atoms with E-state index in [1.165, 1.54) is 0 Å². The molecule has 0 aliphatic carbocycles. The molecule has 6 nitrogen and oxygen atoms in total. The van der Waals surface area contributed by atoms with E-state index in [1.54, 1.807) is 26.0 Å². The van der Waals surface area contributed by atoms with Crippen molar-refractivity contribution in [3.63, 3.8) is 0 Å². The topological polar surface area (TPSA) is 92.7 Å². The molecule has 2 aromatic carbocycles. The number of hydrogen-bond acceptors (Lipinski definition) is 4. The van der Waals surface area contributed by atoms with Gasteiger partial charge < -0.3 is 15.2 Å². The average molecular weight is 343 g/mol. The lowest BCUT2D eigenvalue weighted by Crippen LogP contribution is -2.45. The van der Waals surface area contributed by atoms with E-state index in [9.17, 15) is 19.5 Å². The summed E-state index contributed by atoms with van der Waals surface area (Å²) < 4.78 is 4.84. The van der Waals surface area contributed by atoms with Crippen molar-refractivity contribution in [3.8, 4) is 0 Å². The van der Waals surface area contributed by atoms with Gasteiger partial charge in [0, 0.05) is 5.56 Å². The van der Waals surface area contributed by atoms with E-state index in [-0.39, 0.29) is 13.0 Å². The Balaban J connectivity index is 2.13. The maximum Gasteiger partial charge on any atom is 0.326 e. The monoisotopic (exact) mass is 343 g/mol. The molecule has 0 saturated carbocycles. The van der Waals surface area contributed by atoms with Gasteiger partial charge in [-0.15, -0.1) is 0 Å². The van der Waals surface area contributed by atoms with Gasteiger partial charge in [0.05, 0.1) is 13.0 Å². The molecule has 0 saturated heterocycles. The summed E-state index contributed by atoms with van der Waals surface area (Å²) in [6, 6.07) is 11.6. The van der Waals surface area contributed by atoms with Crippen LogP contribution in [0.25, 0.3) is 10.8 Å². The van der Waals surface area contributed by atoms with E-state index in [1.807, 2.05) is 30.3 Å². The molecule has 1 amide bonds. The van der Waals surface area contributed by atoms with Crippen LogP contribution >= 0.6 is 0 Å². The van der Waals surface area contributed by atoms with Crippen LogP contribution in [0.2, 0.25) is 0 Å². The molecule has 0 radical (unpaired) electrons. The molecule has 2 aromatic rings. The van der Waals surface area contributed by atoms with Crippen LogP contribution in [0.5, 0.6) is 0 Å². The van der Waals surface area contributed by atoms with Crippen LogP contribution in [0.1, 0.15) is 30.6 Å². The normalized spacial score (nSPS) is 13.0. The Labute approximate surface area is 145 Å². The SMILES string of the molecule is CCOC(=O)C[C@@H](C)[C@@H](NC(=O)c1ccc2ccccc2c1)C(=O)O. The lowest BCUT2D eigenvalue weighted by atomic mass is 9.97. The first kappa shape index (κ1) is 18.4. The number of nitrogens with one attached hydrogen (secondary N) is 1. The molecule has 0 fully saturated rings. The molecule has 0 bridgehead atoms. The molecule has 2 rings (SSSR count). The number of carboxylic acid groups (broad SMARTS) is 1. The first-order chi connectivity index (χ1) is 11.9. The molecule has 25 heavy (non-hydrogen) atoms. The summed E-state index contributed by atoms with van der Waals surface area (Å²) in [5, 5.41) is 13.8. The van der Waals surface area contributed by atoms with E-state index in [0.29, 0.717) is 5.56 Å². The van der Waals surface area contributed by atoms with Crippen LogP contribution in [0, 0.1) is 5.92 Å². The Morgan fingerprint density at radius 1 is 1.12 bits per heavy atom. The Morgan fingerprint density at radius 3 is 2.44 bits per heavy atom. The third-order valence-electron chi connectivity index (χ3n) is 3.93. The highest BCUT2D eigenvalue weighted by atomic mass is 16.5. The molecule has 132 valence electrons. The third kappa shape index (κ3) is 4.79. The highest BCUT2D eigenvalue weighted by Gasteiger charge is 2.29. The predicted molar refractivity (Wildman–Crippen MR) is 93.3 cm³/mol. The summed E-state index contributed by atoms with van der Waals surface area (Å²) in [6.07, 6.45) is -0.0805. The quantitative estimate of drug-likeness (QED) is 0.754. The molecule has 0 aromatic heterocycles. The third-order valence-corrected chi connectivity index (χ3v) is 3.93. The number of rotatable bonds is 7. The summed E-state index contributed by atoms with van der Waals surface area (Å²) in [4.78, 5) is 35.5. The predicted octanol–water partition coefficient (Wildman–Crippen LogP) is 2.61. The molecular weight excluding hydrogens is 322 g/mol. The number of aliphatic carboxylic acids is 1. The summed E-state index contributed by atoms with van der Waals surface area (Å²) in [7, 11) is 0. The minimum absolute atomic E-state index is 0.0805. The first-order valence-electron chi connectivity index (χ1n) is 8.10. The molecule has 6 heteroatoms. The van der Waals surface area contributed by atoms with E-state index in [4.69, 9.17) is 4.74 Å². The van der Waals surface area contributed by atoms with Gasteiger partial charge in [-0.1, -0.05) is 37.3 Å². The van der Waals surface area contributed by atoms with Crippen LogP contribution in [0.3, 0.4) is 0 Å². The fraction of sp³-hybridized carbons (Fsp3) is 0.316. The van der Waals surface area contributed by atoms with Gasteiger partial charge in [-0.25, -0.2) is 4.79 Å². The zero-order chi connectivity index (χ0) is 18.4. The zero-order valence-corrected chi connectivity index (χ0v) is 14.2. The second-order valence-electron chi connectivity index (χ2n) is 5.84. The second kappa shape index (κ2) is 8.28. The lowest BCUT2D eigenvalue weighted by Gasteiger charge is -2.21. The van der Waals surface area contributed by atoms with Crippen molar-refractivity contribution in [2.24, 2.45) is 5.92 Å². The second-order valence-corrected chi connectivity index (χ2v) is 5.84. The van der Waals surface area contributed by atoms with Gasteiger partial charge in [0.15, 0.2) is 0 Å². The summed E-state index contributed by atoms with van der Waals surface area (Å²) in [5.74, 6) is -2.76. The van der Waals surface area contributed by atoms with Gasteiger partial charge in [0.25, 0.3) is 5.91 Å². The van der Waals surface area contributed by atoms with Crippen LogP contribution in [0.15, 0.2) is 42.5 Å². The summed E-state index contributed by atoms with van der Waals surface area (Å²) >= 11 is 0. The fourth-order valence-electron chi connectivity index (χ4n) is 2.60. The molecule has 0 unspecified atom stereocenters. The van der Waals surface area contributed by atoms with Gasteiger partial charge in [0.2, 0.25) is 0 Å². The molecule has 0 spiro atoms. The van der Waals surface area contributed by atoms with E-state index < -0.39 is 29.8 Å². The Kier molecular flexibility index (Phi) is 6.11. The van der Waals surface area contributed by atoms with Gasteiger partial charge >= 0.3 is 11.9 Å². The van der Waals surface area contributed by atoms with E-state index >= 15 is 0 Å². The maximum atomic E-state index is 12.4. The number of ether oxygens (including phenoxy) is 1. The number of carboxylic acids is 1. The van der Waals surface area contributed by atoms with Crippen LogP contribution in [-0.4, -0.2) is 35.6 Å². The van der Waals surface area contributed by atoms with Crippen molar-refractivity contribution in [1.82, 2.24) is 5.32 Å². The minimum Gasteiger partial charge on any atom is -0.480 e. The van der Waals surface area contributed by atoms with Gasteiger partial charge in [-0.3, -0.25) is 9.59 Å². The Morgan fingerprint density at radius 2 is 1.80 bits per heavy atom. The highest BCUT2D eigenvalue weighted by Crippen LogP contribution is 2.17. The van der Waals surface area contributed by atoms with Crippen LogP contribution in [0.4, 0.5) is 0 Å². The number of amides is 1. The maximum absolute atomic E-state index is 12.4. The molecule has 0 heterocycles. The minimum atomic E-state index is -1.19. The largest absolute Gasteiger partial charge is 0.480 e. The fourth-order valence-corrected chi connectivity index (χ4v) is 2.60. The molecule has 0 aliphatic heterocycles.